The van der Waals surface area contributed by atoms with Crippen LogP contribution in [0.4, 0.5) is 0 Å². The average Bonchev–Trinajstić information content (AvgIpc) is 2.18. The molecule has 0 radical (unpaired) electrons. The third-order valence-corrected chi connectivity index (χ3v) is 7.30. The van der Waals surface area contributed by atoms with Crippen molar-refractivity contribution < 1.29 is 38.6 Å². The molecule has 0 bridgehead atoms. The normalized spacial score (nSPS) is 13.5. The highest BCUT2D eigenvalue weighted by molar-refractivity contribution is 7.72. The van der Waals surface area contributed by atoms with Crippen LogP contribution >= 0.6 is 15.2 Å². The van der Waals surface area contributed by atoms with Crippen molar-refractivity contribution in [3.8, 4) is 0 Å². The molecule has 0 unspecified atom stereocenters. The summed E-state index contributed by atoms with van der Waals surface area (Å²) in [5, 5.41) is 8.67. The zero-order valence-corrected chi connectivity index (χ0v) is 12.0. The van der Waals surface area contributed by atoms with Crippen LogP contribution in [0.3, 0.4) is 0 Å². The Labute approximate surface area is 110 Å². The number of nitrogens with two attached hydrogens (primary N) is 1. The fraction of sp³-hybridized carbons (Fsp3) is 0.875. The first kappa shape index (κ1) is 18.7. The van der Waals surface area contributed by atoms with Crippen LogP contribution < -0.4 is 5.73 Å². The second kappa shape index (κ2) is 6.95. The van der Waals surface area contributed by atoms with Gasteiger partial charge in [-0.2, -0.15) is 0 Å². The molecule has 0 saturated carbocycles. The van der Waals surface area contributed by atoms with Gasteiger partial charge in [0.2, 0.25) is 0 Å². The number of carboxylic acid groups (broad SMARTS) is 1. The number of hydrogen-bond acceptors (Lipinski definition) is 4. The molecule has 0 rings (SSSR count). The number of unbranched alkanes of at least 4 members (excludes halogenated alkanes) is 2. The van der Waals surface area contributed by atoms with Crippen LogP contribution in [0.2, 0.25) is 0 Å². The van der Waals surface area contributed by atoms with Gasteiger partial charge in [-0.1, -0.05) is 12.8 Å². The molecule has 19 heavy (non-hydrogen) atoms. The Morgan fingerprint density at radius 1 is 1.00 bits per heavy atom. The molecule has 0 aliphatic heterocycles. The van der Waals surface area contributed by atoms with Gasteiger partial charge in [0.05, 0.1) is 6.42 Å². The van der Waals surface area contributed by atoms with Crippen molar-refractivity contribution in [2.24, 2.45) is 5.73 Å². The fourth-order valence-corrected chi connectivity index (χ4v) is 4.67. The second-order valence-corrected chi connectivity index (χ2v) is 8.48. The van der Waals surface area contributed by atoms with Crippen LogP contribution in [0, 0.1) is 0 Å². The van der Waals surface area contributed by atoms with Crippen molar-refractivity contribution in [2.75, 3.05) is 6.54 Å². The molecule has 0 atom stereocenters. The first-order chi connectivity index (χ1) is 8.48. The highest BCUT2D eigenvalue weighted by atomic mass is 31.2. The van der Waals surface area contributed by atoms with E-state index in [0.717, 1.165) is 0 Å². The molecular weight excluding hydrogens is 300 g/mol. The maximum atomic E-state index is 11.4. The standard InChI is InChI=1S/C8H19NO8P2/c9-5-3-1-2-4-8(6-7(10)11,18(12,13)14)19(15,16)17/h1-6,9H2,(H,10,11)(H2,12,13,14)(H2,15,16,17). The molecule has 0 aromatic heterocycles. The Bertz CT molecular complexity index is 378. The Kier molecular flexibility index (Phi) is 6.85. The number of aliphatic carboxylic acids is 1. The van der Waals surface area contributed by atoms with E-state index in [1.807, 2.05) is 0 Å². The third kappa shape index (κ3) is 4.96. The van der Waals surface area contributed by atoms with Crippen molar-refractivity contribution in [1.82, 2.24) is 0 Å². The van der Waals surface area contributed by atoms with Gasteiger partial charge in [0.1, 0.15) is 0 Å². The second-order valence-electron chi connectivity index (χ2n) is 4.24. The monoisotopic (exact) mass is 319 g/mol. The van der Waals surface area contributed by atoms with E-state index < -0.39 is 38.9 Å². The van der Waals surface area contributed by atoms with Gasteiger partial charge in [0, 0.05) is 0 Å². The Balaban J connectivity index is 5.35. The smallest absolute Gasteiger partial charge is 0.344 e. The van der Waals surface area contributed by atoms with Crippen LogP contribution in [0.15, 0.2) is 0 Å². The Hall–Kier alpha value is -0.270. The van der Waals surface area contributed by atoms with Crippen LogP contribution in [0.25, 0.3) is 0 Å². The van der Waals surface area contributed by atoms with Crippen molar-refractivity contribution in [2.45, 2.75) is 37.0 Å². The molecule has 7 N–H and O–H groups in total. The van der Waals surface area contributed by atoms with Gasteiger partial charge in [0.15, 0.2) is 4.90 Å². The van der Waals surface area contributed by atoms with Gasteiger partial charge in [0.25, 0.3) is 0 Å². The average molecular weight is 319 g/mol. The molecular formula is C8H19NO8P2. The molecule has 0 aromatic rings. The number of rotatable bonds is 9. The highest BCUT2D eigenvalue weighted by Crippen LogP contribution is 2.72. The minimum atomic E-state index is -5.31. The fourth-order valence-electron chi connectivity index (χ4n) is 1.73. The molecule has 9 nitrogen and oxygen atoms in total. The molecule has 0 aliphatic carbocycles. The van der Waals surface area contributed by atoms with E-state index in [1.165, 1.54) is 0 Å². The number of hydrogen-bond donors (Lipinski definition) is 6. The first-order valence-electron chi connectivity index (χ1n) is 5.51. The minimum Gasteiger partial charge on any atom is -0.481 e. The van der Waals surface area contributed by atoms with E-state index in [4.69, 9.17) is 10.8 Å². The molecule has 0 amide bonds. The van der Waals surface area contributed by atoms with Crippen LogP contribution in [0.1, 0.15) is 32.1 Å². The topological polar surface area (TPSA) is 178 Å². The Morgan fingerprint density at radius 2 is 1.47 bits per heavy atom. The van der Waals surface area contributed by atoms with Crippen LogP contribution in [-0.4, -0.2) is 42.1 Å². The van der Waals surface area contributed by atoms with Gasteiger partial charge in [-0.25, -0.2) is 0 Å². The maximum Gasteiger partial charge on any atom is 0.344 e. The highest BCUT2D eigenvalue weighted by Gasteiger charge is 2.60. The van der Waals surface area contributed by atoms with E-state index in [1.54, 1.807) is 0 Å². The van der Waals surface area contributed by atoms with E-state index in [2.05, 4.69) is 0 Å². The number of carbonyl (C=O) groups is 1. The Morgan fingerprint density at radius 3 is 1.79 bits per heavy atom. The van der Waals surface area contributed by atoms with Gasteiger partial charge in [-0.3, -0.25) is 13.9 Å². The summed E-state index contributed by atoms with van der Waals surface area (Å²) < 4.78 is 22.8. The lowest BCUT2D eigenvalue weighted by atomic mass is 10.1. The molecule has 114 valence electrons. The van der Waals surface area contributed by atoms with Crippen LogP contribution in [0.5, 0.6) is 0 Å². The molecule has 0 saturated heterocycles. The van der Waals surface area contributed by atoms with E-state index in [9.17, 15) is 33.5 Å². The largest absolute Gasteiger partial charge is 0.481 e. The quantitative estimate of drug-likeness (QED) is 0.252. The lowest BCUT2D eigenvalue weighted by Crippen LogP contribution is -2.32. The summed E-state index contributed by atoms with van der Waals surface area (Å²) >= 11 is 0. The molecule has 0 aliphatic rings. The molecule has 0 fully saturated rings. The molecule has 0 aromatic carbocycles. The van der Waals surface area contributed by atoms with Crippen molar-refractivity contribution in [3.63, 3.8) is 0 Å². The zero-order chi connectivity index (χ0) is 15.3. The summed E-state index contributed by atoms with van der Waals surface area (Å²) in [7, 11) is -10.6. The summed E-state index contributed by atoms with van der Waals surface area (Å²) in [5.74, 6) is -1.68. The van der Waals surface area contributed by atoms with Gasteiger partial charge in [-0.15, -0.1) is 0 Å². The van der Waals surface area contributed by atoms with Gasteiger partial charge < -0.3 is 30.4 Å². The maximum absolute atomic E-state index is 11.4. The summed E-state index contributed by atoms with van der Waals surface area (Å²) in [6, 6.07) is 0. The number of carboxylic acids is 1. The minimum absolute atomic E-state index is 0.0701. The van der Waals surface area contributed by atoms with Crippen molar-refractivity contribution in [3.05, 3.63) is 0 Å². The molecule has 11 heteroatoms. The van der Waals surface area contributed by atoms with Gasteiger partial charge >= 0.3 is 21.2 Å². The van der Waals surface area contributed by atoms with E-state index >= 15 is 0 Å². The zero-order valence-electron chi connectivity index (χ0n) is 10.2. The van der Waals surface area contributed by atoms with Crippen LogP contribution in [-0.2, 0) is 13.9 Å². The van der Waals surface area contributed by atoms with E-state index in [0.29, 0.717) is 19.4 Å². The molecule has 0 spiro atoms. The third-order valence-electron chi connectivity index (χ3n) is 2.80. The van der Waals surface area contributed by atoms with Gasteiger partial charge in [-0.05, 0) is 19.4 Å². The lowest BCUT2D eigenvalue weighted by molar-refractivity contribution is -0.137. The predicted molar refractivity (Wildman–Crippen MR) is 66.6 cm³/mol. The summed E-state index contributed by atoms with van der Waals surface area (Å²) in [6.45, 7) is 0.331. The van der Waals surface area contributed by atoms with Crippen molar-refractivity contribution in [1.29, 1.82) is 0 Å². The SMILES string of the molecule is NCCCCCC(CC(=O)O)(P(=O)(O)O)P(=O)(O)O. The molecule has 0 heterocycles. The summed E-state index contributed by atoms with van der Waals surface area (Å²) in [4.78, 5) is 44.6. The predicted octanol–water partition coefficient (Wildman–Crippen LogP) is 0.0319. The van der Waals surface area contributed by atoms with E-state index in [-0.39, 0.29) is 6.42 Å². The lowest BCUT2D eigenvalue weighted by Gasteiger charge is -2.33. The first-order valence-corrected chi connectivity index (χ1v) is 8.73. The summed E-state index contributed by atoms with van der Waals surface area (Å²) in [6.07, 6.45) is -0.873. The summed E-state index contributed by atoms with van der Waals surface area (Å²) in [5.41, 5.74) is 5.23. The van der Waals surface area contributed by atoms with Crippen molar-refractivity contribution >= 4 is 21.2 Å².